The van der Waals surface area contributed by atoms with E-state index in [-0.39, 0.29) is 0 Å². The summed E-state index contributed by atoms with van der Waals surface area (Å²) in [7, 11) is 6.10. The maximum Gasteiger partial charge on any atom is 0.199 e. The highest BCUT2D eigenvalue weighted by Crippen LogP contribution is 2.31. The highest BCUT2D eigenvalue weighted by atomic mass is 15.2. The summed E-state index contributed by atoms with van der Waals surface area (Å²) < 4.78 is 2.13. The van der Waals surface area contributed by atoms with Crippen LogP contribution < -0.4 is 15.5 Å². The quantitative estimate of drug-likeness (QED) is 0.767. The Labute approximate surface area is 179 Å². The van der Waals surface area contributed by atoms with Crippen molar-refractivity contribution in [1.29, 1.82) is 0 Å². The van der Waals surface area contributed by atoms with E-state index in [0.29, 0.717) is 0 Å². The SMILES string of the molecule is CNc1ccc(C(=C2C=CC(=[N+](C)C)C=C2)c2ccc(N3CCNCC3)cc2)cc1. The van der Waals surface area contributed by atoms with E-state index in [1.165, 1.54) is 33.7 Å². The van der Waals surface area contributed by atoms with Crippen molar-refractivity contribution in [2.24, 2.45) is 0 Å². The molecule has 30 heavy (non-hydrogen) atoms. The van der Waals surface area contributed by atoms with Gasteiger partial charge in [0.15, 0.2) is 5.71 Å². The number of benzene rings is 2. The van der Waals surface area contributed by atoms with Crippen LogP contribution in [0.1, 0.15) is 11.1 Å². The molecule has 0 aromatic heterocycles. The summed E-state index contributed by atoms with van der Waals surface area (Å²) in [5.74, 6) is 0. The average molecular weight is 400 g/mol. The van der Waals surface area contributed by atoms with E-state index in [1.54, 1.807) is 0 Å². The first kappa shape index (κ1) is 20.2. The van der Waals surface area contributed by atoms with Gasteiger partial charge in [-0.1, -0.05) is 24.3 Å². The van der Waals surface area contributed by atoms with Crippen LogP contribution in [0, 0.1) is 0 Å². The molecule has 0 bridgehead atoms. The second-order valence-electron chi connectivity index (χ2n) is 7.93. The Balaban J connectivity index is 1.74. The Kier molecular flexibility index (Phi) is 6.15. The van der Waals surface area contributed by atoms with E-state index in [2.05, 4.69) is 107 Å². The van der Waals surface area contributed by atoms with Crippen LogP contribution in [0.4, 0.5) is 11.4 Å². The van der Waals surface area contributed by atoms with Gasteiger partial charge in [-0.2, -0.15) is 0 Å². The van der Waals surface area contributed by atoms with Crippen LogP contribution in [-0.4, -0.2) is 57.6 Å². The van der Waals surface area contributed by atoms with E-state index >= 15 is 0 Å². The van der Waals surface area contributed by atoms with Gasteiger partial charge >= 0.3 is 0 Å². The van der Waals surface area contributed by atoms with Crippen LogP contribution in [0.3, 0.4) is 0 Å². The normalized spacial score (nSPS) is 16.0. The van der Waals surface area contributed by atoms with Crippen molar-refractivity contribution in [2.45, 2.75) is 0 Å². The monoisotopic (exact) mass is 399 g/mol. The zero-order valence-electron chi connectivity index (χ0n) is 18.2. The van der Waals surface area contributed by atoms with Gasteiger partial charge in [0.05, 0.1) is 0 Å². The van der Waals surface area contributed by atoms with Gasteiger partial charge in [-0.25, -0.2) is 4.58 Å². The lowest BCUT2D eigenvalue weighted by atomic mass is 9.90. The predicted octanol–water partition coefficient (Wildman–Crippen LogP) is 3.78. The maximum absolute atomic E-state index is 3.42. The number of hydrogen-bond donors (Lipinski definition) is 2. The van der Waals surface area contributed by atoms with E-state index in [0.717, 1.165) is 31.9 Å². The molecular formula is C26H31N4+. The van der Waals surface area contributed by atoms with Crippen LogP contribution >= 0.6 is 0 Å². The van der Waals surface area contributed by atoms with Crippen molar-refractivity contribution in [1.82, 2.24) is 5.32 Å². The van der Waals surface area contributed by atoms with E-state index < -0.39 is 0 Å². The lowest BCUT2D eigenvalue weighted by molar-refractivity contribution is -0.462. The fourth-order valence-electron chi connectivity index (χ4n) is 3.99. The van der Waals surface area contributed by atoms with Crippen LogP contribution in [0.5, 0.6) is 0 Å². The summed E-state index contributed by atoms with van der Waals surface area (Å²) in [5, 5.41) is 6.64. The van der Waals surface area contributed by atoms with Crippen LogP contribution in [0.15, 0.2) is 78.4 Å². The summed E-state index contributed by atoms with van der Waals surface area (Å²) in [6.45, 7) is 4.23. The van der Waals surface area contributed by atoms with Gasteiger partial charge in [0, 0.05) is 56.8 Å². The summed E-state index contributed by atoms with van der Waals surface area (Å²) in [4.78, 5) is 2.45. The third kappa shape index (κ3) is 4.39. The Morgan fingerprint density at radius 2 is 1.40 bits per heavy atom. The fraction of sp³-hybridized carbons (Fsp3) is 0.269. The molecule has 2 aliphatic rings. The van der Waals surface area contributed by atoms with Crippen molar-refractivity contribution in [3.05, 3.63) is 89.5 Å². The number of piperazine rings is 1. The smallest absolute Gasteiger partial charge is 0.199 e. The number of hydrogen-bond acceptors (Lipinski definition) is 3. The van der Waals surface area contributed by atoms with Crippen molar-refractivity contribution >= 4 is 22.7 Å². The standard InChI is InChI=1S/C26H30N4/c1-27-23-10-4-20(5-11-23)26(21-6-12-24(13-7-21)29(2)3)22-8-14-25(15-9-22)30-18-16-28-17-19-30/h4-15,28H,16-19H2,1-3H3/p+1. The molecule has 2 aromatic rings. The third-order valence-corrected chi connectivity index (χ3v) is 5.77. The highest BCUT2D eigenvalue weighted by Gasteiger charge is 2.15. The third-order valence-electron chi connectivity index (χ3n) is 5.77. The minimum atomic E-state index is 1.05. The van der Waals surface area contributed by atoms with Crippen molar-refractivity contribution in [3.63, 3.8) is 0 Å². The van der Waals surface area contributed by atoms with Crippen LogP contribution in [-0.2, 0) is 0 Å². The van der Waals surface area contributed by atoms with Gasteiger partial charge < -0.3 is 15.5 Å². The first-order chi connectivity index (χ1) is 14.7. The summed E-state index contributed by atoms with van der Waals surface area (Å²) in [5.41, 5.74) is 8.58. The molecule has 0 radical (unpaired) electrons. The molecule has 1 aliphatic carbocycles. The van der Waals surface area contributed by atoms with Gasteiger partial charge in [0.1, 0.15) is 14.1 Å². The second-order valence-corrected chi connectivity index (χ2v) is 7.93. The number of nitrogens with zero attached hydrogens (tertiary/aromatic N) is 2. The van der Waals surface area contributed by atoms with Gasteiger partial charge in [-0.05, 0) is 58.7 Å². The molecule has 0 atom stereocenters. The minimum absolute atomic E-state index is 1.05. The van der Waals surface area contributed by atoms with Crippen LogP contribution in [0.2, 0.25) is 0 Å². The molecule has 4 heteroatoms. The molecule has 154 valence electrons. The molecule has 1 heterocycles. The van der Waals surface area contributed by atoms with Crippen molar-refractivity contribution in [2.75, 3.05) is 57.5 Å². The Hall–Kier alpha value is -3.11. The maximum atomic E-state index is 3.42. The second kappa shape index (κ2) is 9.14. The molecule has 1 aliphatic heterocycles. The lowest BCUT2D eigenvalue weighted by Gasteiger charge is -2.29. The van der Waals surface area contributed by atoms with Gasteiger partial charge in [0.2, 0.25) is 0 Å². The first-order valence-corrected chi connectivity index (χ1v) is 10.6. The van der Waals surface area contributed by atoms with E-state index in [1.807, 2.05) is 7.05 Å². The van der Waals surface area contributed by atoms with Gasteiger partial charge in [0.25, 0.3) is 0 Å². The van der Waals surface area contributed by atoms with Crippen molar-refractivity contribution in [3.8, 4) is 0 Å². The topological polar surface area (TPSA) is 30.3 Å². The molecule has 4 rings (SSSR count). The molecule has 2 aromatic carbocycles. The van der Waals surface area contributed by atoms with Crippen LogP contribution in [0.25, 0.3) is 5.57 Å². The number of nitrogens with one attached hydrogen (secondary N) is 2. The molecule has 0 amide bonds. The van der Waals surface area contributed by atoms with Crippen molar-refractivity contribution < 1.29 is 4.58 Å². The number of rotatable bonds is 4. The minimum Gasteiger partial charge on any atom is -0.388 e. The largest absolute Gasteiger partial charge is 0.388 e. The Morgan fingerprint density at radius 1 is 0.833 bits per heavy atom. The Bertz CT molecular complexity index is 980. The number of allylic oxidation sites excluding steroid dienone is 5. The molecule has 0 spiro atoms. The van der Waals surface area contributed by atoms with E-state index in [4.69, 9.17) is 0 Å². The Morgan fingerprint density at radius 3 is 1.93 bits per heavy atom. The predicted molar refractivity (Wildman–Crippen MR) is 129 cm³/mol. The zero-order valence-corrected chi connectivity index (χ0v) is 18.2. The van der Waals surface area contributed by atoms with Gasteiger partial charge in [-0.3, -0.25) is 0 Å². The molecule has 4 nitrogen and oxygen atoms in total. The summed E-state index contributed by atoms with van der Waals surface area (Å²) in [6.07, 6.45) is 8.82. The molecule has 2 N–H and O–H groups in total. The first-order valence-electron chi connectivity index (χ1n) is 10.6. The molecule has 0 saturated carbocycles. The molecular weight excluding hydrogens is 368 g/mol. The molecule has 1 fully saturated rings. The summed E-state index contributed by atoms with van der Waals surface area (Å²) >= 11 is 0. The number of anilines is 2. The lowest BCUT2D eigenvalue weighted by Crippen LogP contribution is -2.43. The molecule has 0 unspecified atom stereocenters. The summed E-state index contributed by atoms with van der Waals surface area (Å²) in [6, 6.07) is 17.7. The fourth-order valence-corrected chi connectivity index (χ4v) is 3.99. The molecule has 1 saturated heterocycles. The zero-order chi connectivity index (χ0) is 20.9. The average Bonchev–Trinajstić information content (AvgIpc) is 2.81. The van der Waals surface area contributed by atoms with E-state index in [9.17, 15) is 0 Å². The highest BCUT2D eigenvalue weighted by molar-refractivity contribution is 6.04. The van der Waals surface area contributed by atoms with Gasteiger partial charge in [-0.15, -0.1) is 0 Å².